The number of rotatable bonds is 3. The van der Waals surface area contributed by atoms with Crippen molar-refractivity contribution in [2.24, 2.45) is 0 Å². The number of fused-ring (bicyclic) bond motifs is 1. The van der Waals surface area contributed by atoms with Gasteiger partial charge in [0.2, 0.25) is 0 Å². The highest BCUT2D eigenvalue weighted by atomic mass is 32.1. The van der Waals surface area contributed by atoms with Gasteiger partial charge in [-0.05, 0) is 17.9 Å². The fourth-order valence-electron chi connectivity index (χ4n) is 2.42. The molecule has 3 rings (SSSR count). The van der Waals surface area contributed by atoms with E-state index in [4.69, 9.17) is 5.11 Å². The summed E-state index contributed by atoms with van der Waals surface area (Å²) in [5, 5.41) is 18.5. The first-order valence-corrected chi connectivity index (χ1v) is 7.48. The zero-order chi connectivity index (χ0) is 14.8. The van der Waals surface area contributed by atoms with Gasteiger partial charge in [0, 0.05) is 18.0 Å². The lowest BCUT2D eigenvalue weighted by molar-refractivity contribution is -0.136. The number of amides is 1. The van der Waals surface area contributed by atoms with E-state index >= 15 is 0 Å². The maximum absolute atomic E-state index is 12.6. The van der Waals surface area contributed by atoms with E-state index < -0.39 is 5.97 Å². The van der Waals surface area contributed by atoms with E-state index in [0.717, 1.165) is 18.7 Å². The summed E-state index contributed by atoms with van der Waals surface area (Å²) in [5.74, 6) is -1.05. The number of hydrogen-bond donors (Lipinski definition) is 1. The van der Waals surface area contributed by atoms with E-state index in [1.165, 1.54) is 11.3 Å². The SMILES string of the molecule is O=C(O)Cc1sccc1C(=O)N1CCCn2nncc2C1. The molecule has 7 nitrogen and oxygen atoms in total. The number of nitrogens with zero attached hydrogens (tertiary/aromatic N) is 4. The molecule has 0 spiro atoms. The molecule has 1 aliphatic rings. The summed E-state index contributed by atoms with van der Waals surface area (Å²) in [5.41, 5.74) is 1.39. The van der Waals surface area contributed by atoms with Crippen LogP contribution in [-0.4, -0.2) is 43.4 Å². The molecule has 0 aromatic carbocycles. The number of thiophene rings is 1. The smallest absolute Gasteiger partial charge is 0.308 e. The molecule has 21 heavy (non-hydrogen) atoms. The molecular formula is C13H14N4O3S. The fraction of sp³-hybridized carbons (Fsp3) is 0.385. The molecule has 3 heterocycles. The average Bonchev–Trinajstić information content (AvgIpc) is 3.02. The van der Waals surface area contributed by atoms with Gasteiger partial charge in [-0.1, -0.05) is 5.21 Å². The monoisotopic (exact) mass is 306 g/mol. The molecule has 8 heteroatoms. The minimum absolute atomic E-state index is 0.119. The molecule has 1 N–H and O–H groups in total. The van der Waals surface area contributed by atoms with Crippen molar-refractivity contribution in [3.05, 3.63) is 33.8 Å². The fourth-order valence-corrected chi connectivity index (χ4v) is 3.28. The second kappa shape index (κ2) is 5.65. The Balaban J connectivity index is 1.82. The maximum atomic E-state index is 12.6. The third-order valence-corrected chi connectivity index (χ3v) is 4.34. The highest BCUT2D eigenvalue weighted by molar-refractivity contribution is 7.10. The first-order valence-electron chi connectivity index (χ1n) is 6.60. The van der Waals surface area contributed by atoms with Crippen LogP contribution in [0.2, 0.25) is 0 Å². The van der Waals surface area contributed by atoms with Gasteiger partial charge >= 0.3 is 5.97 Å². The van der Waals surface area contributed by atoms with Crippen LogP contribution >= 0.6 is 11.3 Å². The molecule has 0 fully saturated rings. The second-order valence-electron chi connectivity index (χ2n) is 4.86. The molecule has 0 saturated carbocycles. The van der Waals surface area contributed by atoms with Crippen LogP contribution in [-0.2, 0) is 24.3 Å². The molecule has 2 aromatic rings. The lowest BCUT2D eigenvalue weighted by atomic mass is 10.2. The van der Waals surface area contributed by atoms with Crippen molar-refractivity contribution >= 4 is 23.2 Å². The highest BCUT2D eigenvalue weighted by Gasteiger charge is 2.24. The van der Waals surface area contributed by atoms with Crippen molar-refractivity contribution in [3.8, 4) is 0 Å². The summed E-state index contributed by atoms with van der Waals surface area (Å²) in [6.45, 7) is 1.82. The van der Waals surface area contributed by atoms with E-state index in [1.54, 1.807) is 27.2 Å². The second-order valence-corrected chi connectivity index (χ2v) is 5.86. The van der Waals surface area contributed by atoms with E-state index in [9.17, 15) is 9.59 Å². The van der Waals surface area contributed by atoms with Gasteiger partial charge in [0.1, 0.15) is 0 Å². The van der Waals surface area contributed by atoms with Crippen LogP contribution in [0.3, 0.4) is 0 Å². The van der Waals surface area contributed by atoms with Crippen LogP contribution in [0, 0.1) is 0 Å². The predicted molar refractivity (Wildman–Crippen MR) is 75.0 cm³/mol. The van der Waals surface area contributed by atoms with Crippen LogP contribution in [0.15, 0.2) is 17.6 Å². The molecule has 110 valence electrons. The minimum atomic E-state index is -0.926. The summed E-state index contributed by atoms with van der Waals surface area (Å²) in [4.78, 5) is 25.8. The summed E-state index contributed by atoms with van der Waals surface area (Å²) >= 11 is 1.30. The van der Waals surface area contributed by atoms with E-state index in [2.05, 4.69) is 10.3 Å². The van der Waals surface area contributed by atoms with Gasteiger partial charge in [0.25, 0.3) is 5.91 Å². The number of hydrogen-bond acceptors (Lipinski definition) is 5. The molecule has 0 saturated heterocycles. The van der Waals surface area contributed by atoms with Gasteiger partial charge in [0.15, 0.2) is 0 Å². The lowest BCUT2D eigenvalue weighted by Gasteiger charge is -2.19. The third-order valence-electron chi connectivity index (χ3n) is 3.42. The van der Waals surface area contributed by atoms with Crippen molar-refractivity contribution < 1.29 is 14.7 Å². The number of carboxylic acids is 1. The quantitative estimate of drug-likeness (QED) is 0.914. The largest absolute Gasteiger partial charge is 0.481 e. The van der Waals surface area contributed by atoms with Crippen molar-refractivity contribution in [1.29, 1.82) is 0 Å². The summed E-state index contributed by atoms with van der Waals surface area (Å²) in [7, 11) is 0. The van der Waals surface area contributed by atoms with Crippen LogP contribution < -0.4 is 0 Å². The van der Waals surface area contributed by atoms with Gasteiger partial charge in [-0.3, -0.25) is 9.59 Å². The van der Waals surface area contributed by atoms with E-state index in [0.29, 0.717) is 23.5 Å². The van der Waals surface area contributed by atoms with E-state index in [-0.39, 0.29) is 12.3 Å². The molecule has 0 atom stereocenters. The van der Waals surface area contributed by atoms with Crippen LogP contribution in [0.25, 0.3) is 0 Å². The van der Waals surface area contributed by atoms with Crippen LogP contribution in [0.4, 0.5) is 0 Å². The predicted octanol–water partition coefficient (Wildman–Crippen LogP) is 1.01. The molecule has 1 aliphatic heterocycles. The zero-order valence-electron chi connectivity index (χ0n) is 11.2. The number of aryl methyl sites for hydroxylation is 1. The van der Waals surface area contributed by atoms with Gasteiger partial charge in [-0.15, -0.1) is 16.4 Å². The maximum Gasteiger partial charge on any atom is 0.308 e. The Morgan fingerprint density at radius 2 is 2.24 bits per heavy atom. The standard InChI is InChI=1S/C13H14N4O3S/c18-12(19)6-11-10(2-5-21-11)13(20)16-3-1-4-17-9(8-16)7-14-15-17/h2,5,7H,1,3-4,6,8H2,(H,18,19). The number of aromatic nitrogens is 3. The number of carbonyl (C=O) groups is 2. The first-order chi connectivity index (χ1) is 10.1. The zero-order valence-corrected chi connectivity index (χ0v) is 12.0. The molecule has 0 unspecified atom stereocenters. The van der Waals surface area contributed by atoms with Gasteiger partial charge in [-0.2, -0.15) is 0 Å². The lowest BCUT2D eigenvalue weighted by Crippen LogP contribution is -2.31. The van der Waals surface area contributed by atoms with Crippen molar-refractivity contribution in [1.82, 2.24) is 19.9 Å². The summed E-state index contributed by atoms with van der Waals surface area (Å²) < 4.78 is 1.80. The Morgan fingerprint density at radius 1 is 1.38 bits per heavy atom. The normalized spacial score (nSPS) is 14.6. The molecule has 0 bridgehead atoms. The average molecular weight is 306 g/mol. The Morgan fingerprint density at radius 3 is 3.05 bits per heavy atom. The van der Waals surface area contributed by atoms with Crippen molar-refractivity contribution in [2.45, 2.75) is 25.9 Å². The Labute approximate surface area is 124 Å². The van der Waals surface area contributed by atoms with Crippen LogP contribution in [0.5, 0.6) is 0 Å². The minimum Gasteiger partial charge on any atom is -0.481 e. The Bertz CT molecular complexity index is 679. The molecule has 1 amide bonds. The third kappa shape index (κ3) is 2.80. The van der Waals surface area contributed by atoms with Crippen LogP contribution in [0.1, 0.15) is 27.3 Å². The van der Waals surface area contributed by atoms with Gasteiger partial charge < -0.3 is 10.0 Å². The summed E-state index contributed by atoms with van der Waals surface area (Å²) in [6, 6.07) is 1.70. The van der Waals surface area contributed by atoms with Gasteiger partial charge in [-0.25, -0.2) is 4.68 Å². The molecule has 0 aliphatic carbocycles. The highest BCUT2D eigenvalue weighted by Crippen LogP contribution is 2.21. The number of aliphatic carboxylic acids is 1. The molecular weight excluding hydrogens is 292 g/mol. The first kappa shape index (κ1) is 13.7. The Hall–Kier alpha value is -2.22. The van der Waals surface area contributed by atoms with Crippen molar-refractivity contribution in [2.75, 3.05) is 6.54 Å². The Kier molecular flexibility index (Phi) is 3.70. The number of carbonyl (C=O) groups excluding carboxylic acids is 1. The molecule has 0 radical (unpaired) electrons. The van der Waals surface area contributed by atoms with E-state index in [1.807, 2.05) is 0 Å². The van der Waals surface area contributed by atoms with Crippen molar-refractivity contribution in [3.63, 3.8) is 0 Å². The molecule has 2 aromatic heterocycles. The number of carboxylic acid groups (broad SMARTS) is 1. The summed E-state index contributed by atoms with van der Waals surface area (Å²) in [6.07, 6.45) is 2.35. The van der Waals surface area contributed by atoms with Gasteiger partial charge in [0.05, 0.1) is 30.4 Å². The topological polar surface area (TPSA) is 88.3 Å².